The SMILES string of the molecule is O=[N+]([O-])c1ccc(O)c(C=NNc2nc(-c3ccc(Br)cc3)cs2)c1. The van der Waals surface area contributed by atoms with Gasteiger partial charge in [-0.25, -0.2) is 4.98 Å². The molecule has 0 saturated carbocycles. The van der Waals surface area contributed by atoms with Crippen LogP contribution in [0.15, 0.2) is 57.4 Å². The van der Waals surface area contributed by atoms with Crippen LogP contribution >= 0.6 is 27.3 Å². The molecular formula is C16H11BrN4O3S. The molecule has 126 valence electrons. The van der Waals surface area contributed by atoms with E-state index < -0.39 is 4.92 Å². The van der Waals surface area contributed by atoms with Crippen LogP contribution in [0.2, 0.25) is 0 Å². The number of nitrogens with one attached hydrogen (secondary N) is 1. The fourth-order valence-corrected chi connectivity index (χ4v) is 2.93. The van der Waals surface area contributed by atoms with Gasteiger partial charge in [-0.05, 0) is 18.2 Å². The lowest BCUT2D eigenvalue weighted by atomic mass is 10.2. The molecule has 0 bridgehead atoms. The number of phenolic OH excluding ortho intramolecular Hbond substituents is 1. The number of aromatic hydroxyl groups is 1. The molecule has 0 aliphatic heterocycles. The summed E-state index contributed by atoms with van der Waals surface area (Å²) in [6, 6.07) is 11.5. The zero-order chi connectivity index (χ0) is 17.8. The predicted octanol–water partition coefficient (Wildman–Crippen LogP) is 4.63. The predicted molar refractivity (Wildman–Crippen MR) is 101 cm³/mol. The molecule has 0 amide bonds. The second-order valence-corrected chi connectivity index (χ2v) is 6.69. The molecule has 0 aliphatic carbocycles. The van der Waals surface area contributed by atoms with Gasteiger partial charge in [0.2, 0.25) is 5.13 Å². The molecule has 1 heterocycles. The van der Waals surface area contributed by atoms with Crippen molar-refractivity contribution >= 4 is 44.3 Å². The highest BCUT2D eigenvalue weighted by Gasteiger charge is 2.09. The Morgan fingerprint density at radius 3 is 2.76 bits per heavy atom. The minimum Gasteiger partial charge on any atom is -0.507 e. The Labute approximate surface area is 155 Å². The first-order chi connectivity index (χ1) is 12.0. The molecule has 2 aromatic carbocycles. The minimum atomic E-state index is -0.532. The Kier molecular flexibility index (Phi) is 5.05. The fraction of sp³-hybridized carbons (Fsp3) is 0. The van der Waals surface area contributed by atoms with E-state index in [1.165, 1.54) is 35.8 Å². The maximum absolute atomic E-state index is 10.8. The van der Waals surface area contributed by atoms with Crippen LogP contribution in [-0.2, 0) is 0 Å². The van der Waals surface area contributed by atoms with Crippen molar-refractivity contribution in [2.75, 3.05) is 5.43 Å². The number of anilines is 1. The average Bonchev–Trinajstić information content (AvgIpc) is 3.06. The molecule has 25 heavy (non-hydrogen) atoms. The molecule has 2 N–H and O–H groups in total. The number of nitro groups is 1. The molecule has 0 fully saturated rings. The third-order valence-corrected chi connectivity index (χ3v) is 4.51. The van der Waals surface area contributed by atoms with Gasteiger partial charge in [0.25, 0.3) is 5.69 Å². The van der Waals surface area contributed by atoms with Crippen molar-refractivity contribution in [2.45, 2.75) is 0 Å². The van der Waals surface area contributed by atoms with Gasteiger partial charge in [0.15, 0.2) is 0 Å². The summed E-state index contributed by atoms with van der Waals surface area (Å²) in [7, 11) is 0. The van der Waals surface area contributed by atoms with Crippen molar-refractivity contribution in [2.24, 2.45) is 5.10 Å². The molecule has 3 aromatic rings. The standard InChI is InChI=1S/C16H11BrN4O3S/c17-12-3-1-10(2-4-12)14-9-25-16(19-14)20-18-8-11-7-13(21(23)24)5-6-15(11)22/h1-9,22H,(H,19,20). The van der Waals surface area contributed by atoms with Gasteiger partial charge in [0.05, 0.1) is 16.8 Å². The zero-order valence-electron chi connectivity index (χ0n) is 12.6. The van der Waals surface area contributed by atoms with Crippen LogP contribution in [0.5, 0.6) is 5.75 Å². The maximum atomic E-state index is 10.8. The lowest BCUT2D eigenvalue weighted by Gasteiger charge is -1.99. The number of thiazole rings is 1. The molecule has 0 atom stereocenters. The van der Waals surface area contributed by atoms with Crippen molar-refractivity contribution in [3.8, 4) is 17.0 Å². The second-order valence-electron chi connectivity index (χ2n) is 4.92. The summed E-state index contributed by atoms with van der Waals surface area (Å²) >= 11 is 4.77. The Balaban J connectivity index is 1.72. The first-order valence-electron chi connectivity index (χ1n) is 7.01. The molecule has 0 spiro atoms. The van der Waals surface area contributed by atoms with Crippen LogP contribution < -0.4 is 5.43 Å². The van der Waals surface area contributed by atoms with E-state index in [9.17, 15) is 15.2 Å². The van der Waals surface area contributed by atoms with Gasteiger partial charge in [-0.3, -0.25) is 15.5 Å². The number of nitro benzene ring substituents is 1. The molecule has 0 radical (unpaired) electrons. The lowest BCUT2D eigenvalue weighted by Crippen LogP contribution is -1.93. The molecule has 0 aliphatic rings. The van der Waals surface area contributed by atoms with Gasteiger partial charge in [-0.1, -0.05) is 28.1 Å². The van der Waals surface area contributed by atoms with E-state index in [0.717, 1.165) is 15.7 Å². The largest absolute Gasteiger partial charge is 0.507 e. The number of hydrogen-bond acceptors (Lipinski definition) is 7. The van der Waals surface area contributed by atoms with Crippen molar-refractivity contribution in [3.63, 3.8) is 0 Å². The number of benzene rings is 2. The Morgan fingerprint density at radius 1 is 1.28 bits per heavy atom. The molecular weight excluding hydrogens is 408 g/mol. The zero-order valence-corrected chi connectivity index (χ0v) is 15.0. The number of nitrogens with zero attached hydrogens (tertiary/aromatic N) is 3. The molecule has 7 nitrogen and oxygen atoms in total. The van der Waals surface area contributed by atoms with Crippen LogP contribution in [0.25, 0.3) is 11.3 Å². The molecule has 1 aromatic heterocycles. The lowest BCUT2D eigenvalue weighted by molar-refractivity contribution is -0.384. The average molecular weight is 419 g/mol. The highest BCUT2D eigenvalue weighted by atomic mass is 79.9. The first kappa shape index (κ1) is 17.1. The van der Waals surface area contributed by atoms with E-state index >= 15 is 0 Å². The van der Waals surface area contributed by atoms with Crippen LogP contribution in [0, 0.1) is 10.1 Å². The summed E-state index contributed by atoms with van der Waals surface area (Å²) in [4.78, 5) is 14.7. The third kappa shape index (κ3) is 4.20. The summed E-state index contributed by atoms with van der Waals surface area (Å²) in [5.41, 5.74) is 4.67. The summed E-state index contributed by atoms with van der Waals surface area (Å²) < 4.78 is 0.992. The molecule has 0 unspecified atom stereocenters. The van der Waals surface area contributed by atoms with Gasteiger partial charge >= 0.3 is 0 Å². The highest BCUT2D eigenvalue weighted by molar-refractivity contribution is 9.10. The summed E-state index contributed by atoms with van der Waals surface area (Å²) in [5, 5.41) is 26.9. The summed E-state index contributed by atoms with van der Waals surface area (Å²) in [6.45, 7) is 0. The maximum Gasteiger partial charge on any atom is 0.270 e. The Bertz CT molecular complexity index is 941. The fourth-order valence-electron chi connectivity index (χ4n) is 1.99. The topological polar surface area (TPSA) is 101 Å². The summed E-state index contributed by atoms with van der Waals surface area (Å²) in [5.74, 6) is -0.0918. The molecule has 0 saturated heterocycles. The van der Waals surface area contributed by atoms with Gasteiger partial charge < -0.3 is 5.11 Å². The van der Waals surface area contributed by atoms with Crippen molar-refractivity contribution in [3.05, 3.63) is 68.0 Å². The van der Waals surface area contributed by atoms with Gasteiger partial charge in [0, 0.05) is 33.1 Å². The Hall–Kier alpha value is -2.78. The number of aromatic nitrogens is 1. The van der Waals surface area contributed by atoms with Crippen molar-refractivity contribution in [1.82, 2.24) is 4.98 Å². The monoisotopic (exact) mass is 418 g/mol. The van der Waals surface area contributed by atoms with Crippen molar-refractivity contribution < 1.29 is 10.0 Å². The second kappa shape index (κ2) is 7.41. The molecule has 9 heteroatoms. The van der Waals surface area contributed by atoms with Crippen LogP contribution in [-0.4, -0.2) is 21.2 Å². The number of phenols is 1. The number of halogens is 1. The van der Waals surface area contributed by atoms with E-state index in [0.29, 0.717) is 5.13 Å². The third-order valence-electron chi connectivity index (χ3n) is 3.23. The first-order valence-corrected chi connectivity index (χ1v) is 8.68. The normalized spacial score (nSPS) is 10.9. The van der Waals surface area contributed by atoms with E-state index in [1.807, 2.05) is 29.6 Å². The van der Waals surface area contributed by atoms with Crippen molar-refractivity contribution in [1.29, 1.82) is 0 Å². The number of hydrogen-bond donors (Lipinski definition) is 2. The van der Waals surface area contributed by atoms with E-state index in [2.05, 4.69) is 31.4 Å². The quantitative estimate of drug-likeness (QED) is 0.357. The van der Waals surface area contributed by atoms with E-state index in [4.69, 9.17) is 0 Å². The van der Waals surface area contributed by atoms with Crippen LogP contribution in [0.1, 0.15) is 5.56 Å². The van der Waals surface area contributed by atoms with E-state index in [1.54, 1.807) is 0 Å². The van der Waals surface area contributed by atoms with Crippen LogP contribution in [0.4, 0.5) is 10.8 Å². The minimum absolute atomic E-state index is 0.0918. The van der Waals surface area contributed by atoms with Gasteiger partial charge in [0.1, 0.15) is 5.75 Å². The number of rotatable bonds is 5. The highest BCUT2D eigenvalue weighted by Crippen LogP contribution is 2.26. The van der Waals surface area contributed by atoms with Crippen LogP contribution in [0.3, 0.4) is 0 Å². The molecule has 3 rings (SSSR count). The number of hydrazone groups is 1. The van der Waals surface area contributed by atoms with Gasteiger partial charge in [-0.15, -0.1) is 11.3 Å². The summed E-state index contributed by atoms with van der Waals surface area (Å²) in [6.07, 6.45) is 1.31. The smallest absolute Gasteiger partial charge is 0.270 e. The number of non-ortho nitro benzene ring substituents is 1. The Morgan fingerprint density at radius 2 is 2.04 bits per heavy atom. The van der Waals surface area contributed by atoms with Gasteiger partial charge in [-0.2, -0.15) is 5.10 Å². The van der Waals surface area contributed by atoms with E-state index in [-0.39, 0.29) is 17.0 Å².